The molecule has 0 N–H and O–H groups in total. The highest BCUT2D eigenvalue weighted by Crippen LogP contribution is 2.64. The van der Waals surface area contributed by atoms with Crippen LogP contribution in [-0.4, -0.2) is 0 Å². The minimum absolute atomic E-state index is 0.0296. The van der Waals surface area contributed by atoms with E-state index in [2.05, 4.69) is 239 Å². The minimum Gasteiger partial charge on any atom is -0.0619 e. The number of rotatable bonds is 2. The van der Waals surface area contributed by atoms with Gasteiger partial charge in [-0.3, -0.25) is 0 Å². The van der Waals surface area contributed by atoms with Crippen LogP contribution in [0.3, 0.4) is 0 Å². The largest absolute Gasteiger partial charge is 0.0619 e. The Morgan fingerprint density at radius 2 is 0.493 bits per heavy atom. The second-order valence-electron chi connectivity index (χ2n) is 24.4. The van der Waals surface area contributed by atoms with Crippen LogP contribution in [0, 0.1) is 0 Å². The van der Waals surface area contributed by atoms with Gasteiger partial charge in [0.2, 0.25) is 0 Å². The second kappa shape index (κ2) is 13.2. The highest BCUT2D eigenvalue weighted by molar-refractivity contribution is 6.04. The lowest BCUT2D eigenvalue weighted by Crippen LogP contribution is -2.27. The van der Waals surface area contributed by atoms with Gasteiger partial charge >= 0.3 is 0 Å². The van der Waals surface area contributed by atoms with Crippen LogP contribution in [-0.2, 0) is 27.1 Å². The normalized spacial score (nSPS) is 17.4. The zero-order valence-electron chi connectivity index (χ0n) is 42.7. The summed E-state index contributed by atoms with van der Waals surface area (Å²) in [5.41, 5.74) is 32.9. The van der Waals surface area contributed by atoms with Gasteiger partial charge in [-0.15, -0.1) is 0 Å². The molecule has 0 aromatic heterocycles. The fourth-order valence-corrected chi connectivity index (χ4v) is 15.7. The molecule has 342 valence electrons. The number of fused-ring (bicyclic) bond motifs is 21. The molecule has 0 fully saturated rings. The van der Waals surface area contributed by atoms with Gasteiger partial charge in [0, 0.05) is 27.1 Å². The summed E-state index contributed by atoms with van der Waals surface area (Å²) >= 11 is 0. The van der Waals surface area contributed by atoms with E-state index in [1.54, 1.807) is 0 Å². The number of hydrogen-bond donors (Lipinski definition) is 0. The van der Waals surface area contributed by atoms with Crippen molar-refractivity contribution in [2.24, 2.45) is 0 Å². The molecule has 0 spiro atoms. The summed E-state index contributed by atoms with van der Waals surface area (Å²) in [4.78, 5) is 0. The molecular formula is C71H58. The van der Waals surface area contributed by atoms with Crippen LogP contribution in [0.25, 0.3) is 99.4 Å². The van der Waals surface area contributed by atoms with Gasteiger partial charge in [0.25, 0.3) is 0 Å². The van der Waals surface area contributed by atoms with Gasteiger partial charge in [-0.25, -0.2) is 0 Å². The molecule has 0 aliphatic heterocycles. The maximum Gasteiger partial charge on any atom is 0.0168 e. The summed E-state index contributed by atoms with van der Waals surface area (Å²) in [5.74, 6) is 0. The zero-order chi connectivity index (χ0) is 48.5. The van der Waals surface area contributed by atoms with Crippen molar-refractivity contribution < 1.29 is 0 Å². The predicted octanol–water partition coefficient (Wildman–Crippen LogP) is 18.9. The molecule has 0 amide bonds. The van der Waals surface area contributed by atoms with Gasteiger partial charge in [-0.2, -0.15) is 0 Å². The van der Waals surface area contributed by atoms with Crippen molar-refractivity contribution in [2.75, 3.05) is 0 Å². The summed E-state index contributed by atoms with van der Waals surface area (Å²) in [7, 11) is 0. The van der Waals surface area contributed by atoms with Crippen LogP contribution >= 0.6 is 0 Å². The molecule has 0 atom stereocenters. The summed E-state index contributed by atoms with van der Waals surface area (Å²) < 4.78 is 0. The van der Waals surface area contributed by atoms with Crippen molar-refractivity contribution in [3.05, 3.63) is 225 Å². The summed E-state index contributed by atoms with van der Waals surface area (Å²) in [5, 5.41) is 5.34. The van der Waals surface area contributed by atoms with E-state index in [1.165, 1.54) is 155 Å². The van der Waals surface area contributed by atoms with E-state index in [-0.39, 0.29) is 27.1 Å². The Kier molecular flexibility index (Phi) is 7.69. The molecule has 5 aliphatic carbocycles. The molecule has 15 rings (SSSR count). The molecular weight excluding hydrogens is 853 g/mol. The molecule has 5 aliphatic rings. The average molecular weight is 911 g/mol. The topological polar surface area (TPSA) is 0 Å². The lowest BCUT2D eigenvalue weighted by molar-refractivity contribution is 0.580. The molecule has 0 nitrogen and oxygen atoms in total. The van der Waals surface area contributed by atoms with Gasteiger partial charge in [0.1, 0.15) is 0 Å². The quantitative estimate of drug-likeness (QED) is 0.162. The fraction of sp³-hybridized carbons (Fsp3) is 0.211. The van der Waals surface area contributed by atoms with Crippen LogP contribution in [0.2, 0.25) is 0 Å². The third-order valence-electron chi connectivity index (χ3n) is 18.9. The lowest BCUT2D eigenvalue weighted by atomic mass is 9.69. The molecule has 10 aromatic rings. The Morgan fingerprint density at radius 1 is 0.211 bits per heavy atom. The van der Waals surface area contributed by atoms with Crippen molar-refractivity contribution in [3.8, 4) is 77.9 Å². The van der Waals surface area contributed by atoms with E-state index >= 15 is 0 Å². The Labute approximate surface area is 419 Å². The average Bonchev–Trinajstić information content (AvgIpc) is 4.02. The van der Waals surface area contributed by atoms with Crippen molar-refractivity contribution >= 4 is 21.5 Å². The van der Waals surface area contributed by atoms with Gasteiger partial charge in [-0.05, 0) is 179 Å². The highest BCUT2D eigenvalue weighted by Gasteiger charge is 2.51. The van der Waals surface area contributed by atoms with E-state index in [9.17, 15) is 0 Å². The maximum absolute atomic E-state index is 2.53. The number of hydrogen-bond acceptors (Lipinski definition) is 0. The Bertz CT molecular complexity index is 3850. The molecule has 0 heterocycles. The van der Waals surface area contributed by atoms with E-state index < -0.39 is 0 Å². The molecule has 0 radical (unpaired) electrons. The van der Waals surface area contributed by atoms with Crippen molar-refractivity contribution in [3.63, 3.8) is 0 Å². The zero-order valence-corrected chi connectivity index (χ0v) is 42.7. The molecule has 0 saturated heterocycles. The fourth-order valence-electron chi connectivity index (χ4n) is 15.7. The Hall–Kier alpha value is -7.28. The smallest absolute Gasteiger partial charge is 0.0168 e. The molecule has 10 aromatic carbocycles. The van der Waals surface area contributed by atoms with E-state index in [4.69, 9.17) is 0 Å². The molecule has 0 heteroatoms. The van der Waals surface area contributed by atoms with E-state index in [0.717, 1.165) is 0 Å². The van der Waals surface area contributed by atoms with Gasteiger partial charge in [0.15, 0.2) is 0 Å². The van der Waals surface area contributed by atoms with Crippen molar-refractivity contribution in [2.45, 2.75) is 96.3 Å². The van der Waals surface area contributed by atoms with E-state index in [1.807, 2.05) is 0 Å². The SMILES string of the molecule is CC1(C)c2ccccc2-c2ccc(-c3ccc4c5c(ccc4c3)-c3ccc4c(c3C5(C)C)C(C)(C)c3c-4ccc4c3C(C)(C)c3c-4ccc4cc(-c5ccc6c(c5)C(C)(C)c5ccccc5-6)ccc34)cc21. The third kappa shape index (κ3) is 5.02. The van der Waals surface area contributed by atoms with Crippen LogP contribution in [0.1, 0.15) is 125 Å². The second-order valence-corrected chi connectivity index (χ2v) is 24.4. The third-order valence-corrected chi connectivity index (χ3v) is 18.9. The molecule has 0 saturated carbocycles. The number of benzene rings is 10. The summed E-state index contributed by atoms with van der Waals surface area (Å²) in [6, 6.07) is 66.1. The highest BCUT2D eigenvalue weighted by atomic mass is 14.5. The first-order chi connectivity index (χ1) is 34.0. The summed E-state index contributed by atoms with van der Waals surface area (Å²) in [6.07, 6.45) is 0. The van der Waals surface area contributed by atoms with E-state index in [0.29, 0.717) is 0 Å². The summed E-state index contributed by atoms with van der Waals surface area (Å²) in [6.45, 7) is 24.5. The van der Waals surface area contributed by atoms with Crippen molar-refractivity contribution in [1.82, 2.24) is 0 Å². The first-order valence-electron chi connectivity index (χ1n) is 26.0. The molecule has 0 unspecified atom stereocenters. The monoisotopic (exact) mass is 910 g/mol. The van der Waals surface area contributed by atoms with Crippen LogP contribution < -0.4 is 0 Å². The first kappa shape index (κ1) is 41.5. The van der Waals surface area contributed by atoms with Crippen LogP contribution in [0.4, 0.5) is 0 Å². The molecule has 71 heavy (non-hydrogen) atoms. The molecule has 0 bridgehead atoms. The standard InChI is InChI=1S/C71H58/c1-67(2)57-17-13-11-15-47(57)49-27-21-41(37-59(49)67)39-19-25-45-43(35-39)23-29-51-53-31-33-55-56-34-32-54-52-30-24-44-36-40(42-22-28-50-48-16-12-14-18-58(48)68(3,4)60(50)38-42)20-26-46(44)62(52)70(7,8)64(54)66(56)71(9,10)65(55)63(53)69(5,6)61(45)51/h11-38H,1-10H3. The van der Waals surface area contributed by atoms with Crippen LogP contribution in [0.15, 0.2) is 170 Å². The predicted molar refractivity (Wildman–Crippen MR) is 300 cm³/mol. The Morgan fingerprint density at radius 3 is 0.887 bits per heavy atom. The van der Waals surface area contributed by atoms with Crippen LogP contribution in [0.5, 0.6) is 0 Å². The van der Waals surface area contributed by atoms with Gasteiger partial charge in [-0.1, -0.05) is 215 Å². The van der Waals surface area contributed by atoms with Crippen molar-refractivity contribution in [1.29, 1.82) is 0 Å². The maximum atomic E-state index is 2.53. The minimum atomic E-state index is -0.214. The van der Waals surface area contributed by atoms with Gasteiger partial charge < -0.3 is 0 Å². The lowest BCUT2D eigenvalue weighted by Gasteiger charge is -2.34. The Balaban J connectivity index is 0.805. The van der Waals surface area contributed by atoms with Gasteiger partial charge in [0.05, 0.1) is 0 Å². The first-order valence-corrected chi connectivity index (χ1v) is 26.0.